The van der Waals surface area contributed by atoms with Gasteiger partial charge in [-0.1, -0.05) is 42.5 Å². The highest BCUT2D eigenvalue weighted by atomic mass is 127. The third-order valence-corrected chi connectivity index (χ3v) is 5.82. The second kappa shape index (κ2) is 12.0. The minimum absolute atomic E-state index is 0. The van der Waals surface area contributed by atoms with Gasteiger partial charge in [-0.05, 0) is 49.6 Å². The van der Waals surface area contributed by atoms with Crippen molar-refractivity contribution in [1.29, 1.82) is 0 Å². The first-order chi connectivity index (χ1) is 14.8. The van der Waals surface area contributed by atoms with Gasteiger partial charge < -0.3 is 20.4 Å². The Bertz CT molecular complexity index is 851. The van der Waals surface area contributed by atoms with E-state index in [2.05, 4.69) is 94.1 Å². The second-order valence-electron chi connectivity index (χ2n) is 7.98. The Balaban J connectivity index is 0.00000272. The Morgan fingerprint density at radius 3 is 2.35 bits per heavy atom. The minimum atomic E-state index is 0. The van der Waals surface area contributed by atoms with Gasteiger partial charge in [0.05, 0.1) is 6.54 Å². The molecule has 0 saturated carbocycles. The lowest BCUT2D eigenvalue weighted by atomic mass is 10.0. The molecule has 2 N–H and O–H groups in total. The summed E-state index contributed by atoms with van der Waals surface area (Å²) in [5.74, 6) is 0.920. The molecule has 2 aliphatic heterocycles. The van der Waals surface area contributed by atoms with Crippen molar-refractivity contribution in [3.8, 4) is 0 Å². The topological polar surface area (TPSA) is 42.9 Å². The molecule has 0 aliphatic carbocycles. The van der Waals surface area contributed by atoms with Gasteiger partial charge in [0.15, 0.2) is 5.96 Å². The maximum Gasteiger partial charge on any atom is 0.191 e. The van der Waals surface area contributed by atoms with Crippen molar-refractivity contribution in [2.75, 3.05) is 42.5 Å². The van der Waals surface area contributed by atoms with Gasteiger partial charge in [0.1, 0.15) is 0 Å². The first kappa shape index (κ1) is 23.4. The number of nitrogens with zero attached hydrogens (tertiary/aromatic N) is 3. The molecule has 0 unspecified atom stereocenters. The highest BCUT2D eigenvalue weighted by molar-refractivity contribution is 14.0. The zero-order valence-corrected chi connectivity index (χ0v) is 20.7. The molecule has 5 nitrogen and oxygen atoms in total. The third kappa shape index (κ3) is 6.63. The number of hydrogen-bond donors (Lipinski definition) is 2. The molecule has 0 aromatic heterocycles. The highest BCUT2D eigenvalue weighted by Gasteiger charge is 2.20. The van der Waals surface area contributed by atoms with E-state index in [9.17, 15) is 0 Å². The van der Waals surface area contributed by atoms with Crippen LogP contribution in [-0.4, -0.2) is 44.7 Å². The molecule has 0 atom stereocenters. The van der Waals surface area contributed by atoms with Crippen molar-refractivity contribution >= 4 is 41.3 Å². The Kier molecular flexibility index (Phi) is 9.06. The van der Waals surface area contributed by atoms with Crippen molar-refractivity contribution < 1.29 is 0 Å². The number of rotatable bonds is 6. The molecule has 166 valence electrons. The van der Waals surface area contributed by atoms with Gasteiger partial charge in [-0.15, -0.1) is 24.0 Å². The van der Waals surface area contributed by atoms with E-state index in [0.717, 1.165) is 51.5 Å². The first-order valence-corrected chi connectivity index (χ1v) is 11.2. The predicted octanol–water partition coefficient (Wildman–Crippen LogP) is 4.40. The number of hydrogen-bond acceptors (Lipinski definition) is 3. The lowest BCUT2D eigenvalue weighted by Gasteiger charge is -2.34. The average molecular weight is 531 g/mol. The van der Waals surface area contributed by atoms with Crippen LogP contribution in [0.5, 0.6) is 0 Å². The van der Waals surface area contributed by atoms with E-state index < -0.39 is 0 Å². The van der Waals surface area contributed by atoms with Crippen LogP contribution in [0.2, 0.25) is 0 Å². The van der Waals surface area contributed by atoms with Gasteiger partial charge in [0.2, 0.25) is 0 Å². The predicted molar refractivity (Wildman–Crippen MR) is 143 cm³/mol. The number of anilines is 2. The lowest BCUT2D eigenvalue weighted by molar-refractivity contribution is 0.461. The van der Waals surface area contributed by atoms with E-state index in [1.165, 1.54) is 16.9 Å². The van der Waals surface area contributed by atoms with Crippen molar-refractivity contribution in [3.63, 3.8) is 0 Å². The van der Waals surface area contributed by atoms with Gasteiger partial charge in [-0.25, -0.2) is 4.99 Å². The van der Waals surface area contributed by atoms with E-state index in [0.29, 0.717) is 12.6 Å². The average Bonchev–Trinajstić information content (AvgIpc) is 3.34. The molecule has 1 saturated heterocycles. The van der Waals surface area contributed by atoms with Crippen LogP contribution < -0.4 is 20.4 Å². The van der Waals surface area contributed by atoms with Crippen LogP contribution in [0.4, 0.5) is 11.4 Å². The molecule has 2 aromatic carbocycles. The summed E-state index contributed by atoms with van der Waals surface area (Å²) in [7, 11) is 0. The summed E-state index contributed by atoms with van der Waals surface area (Å²) in [5.41, 5.74) is 3.85. The smallest absolute Gasteiger partial charge is 0.191 e. The molecule has 2 aromatic rings. The van der Waals surface area contributed by atoms with Crippen LogP contribution in [0.1, 0.15) is 25.3 Å². The molecule has 6 heteroatoms. The number of halogens is 1. The monoisotopic (exact) mass is 531 g/mol. The van der Waals surface area contributed by atoms with E-state index in [1.807, 2.05) is 0 Å². The highest BCUT2D eigenvalue weighted by Crippen LogP contribution is 2.20. The number of nitrogens with one attached hydrogen (secondary N) is 2. The minimum Gasteiger partial charge on any atom is -0.371 e. The summed E-state index contributed by atoms with van der Waals surface area (Å²) in [6, 6.07) is 19.9. The van der Waals surface area contributed by atoms with Crippen molar-refractivity contribution in [1.82, 2.24) is 10.6 Å². The maximum atomic E-state index is 4.87. The standard InChI is InChI=1S/C25H33N5.HI/c1-2-26-25(27-20-21-9-8-12-24(19-21)29-15-6-7-16-29)28-22-13-17-30(18-14-22)23-10-4-3-5-11-23;/h3-12,19,22H,2,13-18,20H2,1H3,(H2,26,27,28);1H. The van der Waals surface area contributed by atoms with Crippen LogP contribution in [0, 0.1) is 0 Å². The van der Waals surface area contributed by atoms with Gasteiger partial charge in [-0.3, -0.25) is 0 Å². The zero-order valence-electron chi connectivity index (χ0n) is 18.3. The van der Waals surface area contributed by atoms with Crippen LogP contribution in [0.3, 0.4) is 0 Å². The fourth-order valence-corrected chi connectivity index (χ4v) is 4.14. The third-order valence-electron chi connectivity index (χ3n) is 5.82. The largest absolute Gasteiger partial charge is 0.371 e. The van der Waals surface area contributed by atoms with Crippen molar-refractivity contribution in [3.05, 3.63) is 72.3 Å². The SMILES string of the molecule is CCNC(=NCc1cccc(N2CC=CC2)c1)NC1CCN(c2ccccc2)CC1.I. The van der Waals surface area contributed by atoms with Gasteiger partial charge >= 0.3 is 0 Å². The Morgan fingerprint density at radius 1 is 0.935 bits per heavy atom. The molecule has 2 aliphatic rings. The van der Waals surface area contributed by atoms with E-state index in [1.54, 1.807) is 0 Å². The first-order valence-electron chi connectivity index (χ1n) is 11.2. The van der Waals surface area contributed by atoms with Crippen LogP contribution in [-0.2, 0) is 6.54 Å². The Labute approximate surface area is 203 Å². The van der Waals surface area contributed by atoms with E-state index >= 15 is 0 Å². The molecular weight excluding hydrogens is 497 g/mol. The molecule has 0 radical (unpaired) electrons. The van der Waals surface area contributed by atoms with Gasteiger partial charge in [-0.2, -0.15) is 0 Å². The molecular formula is C25H34IN5. The summed E-state index contributed by atoms with van der Waals surface area (Å²) >= 11 is 0. The zero-order chi connectivity index (χ0) is 20.6. The molecule has 0 bridgehead atoms. The second-order valence-corrected chi connectivity index (χ2v) is 7.98. The van der Waals surface area contributed by atoms with Crippen molar-refractivity contribution in [2.45, 2.75) is 32.4 Å². The molecule has 2 heterocycles. The molecule has 0 spiro atoms. The normalized spacial score (nSPS) is 16.9. The van der Waals surface area contributed by atoms with E-state index in [-0.39, 0.29) is 24.0 Å². The number of para-hydroxylation sites is 1. The lowest BCUT2D eigenvalue weighted by Crippen LogP contribution is -2.48. The number of aliphatic imine (C=N–C) groups is 1. The molecule has 31 heavy (non-hydrogen) atoms. The number of piperidine rings is 1. The molecule has 0 amide bonds. The Hall–Kier alpha value is -2.22. The van der Waals surface area contributed by atoms with Crippen LogP contribution in [0.25, 0.3) is 0 Å². The number of benzene rings is 2. The molecule has 1 fully saturated rings. The van der Waals surface area contributed by atoms with Gasteiger partial charge in [0.25, 0.3) is 0 Å². The summed E-state index contributed by atoms with van der Waals surface area (Å²) in [5, 5.41) is 7.08. The summed E-state index contributed by atoms with van der Waals surface area (Å²) < 4.78 is 0. The fraction of sp³-hybridized carbons (Fsp3) is 0.400. The van der Waals surface area contributed by atoms with Crippen LogP contribution in [0.15, 0.2) is 71.7 Å². The van der Waals surface area contributed by atoms with Gasteiger partial charge in [0, 0.05) is 50.1 Å². The quantitative estimate of drug-likeness (QED) is 0.251. The summed E-state index contributed by atoms with van der Waals surface area (Å²) in [4.78, 5) is 9.71. The maximum absolute atomic E-state index is 4.87. The molecule has 4 rings (SSSR count). The van der Waals surface area contributed by atoms with Crippen LogP contribution >= 0.6 is 24.0 Å². The van der Waals surface area contributed by atoms with E-state index in [4.69, 9.17) is 4.99 Å². The fourth-order valence-electron chi connectivity index (χ4n) is 4.14. The number of guanidine groups is 1. The summed E-state index contributed by atoms with van der Waals surface area (Å²) in [6.45, 7) is 7.83. The Morgan fingerprint density at radius 2 is 1.65 bits per heavy atom. The van der Waals surface area contributed by atoms with Crippen molar-refractivity contribution in [2.24, 2.45) is 4.99 Å². The summed E-state index contributed by atoms with van der Waals surface area (Å²) in [6.07, 6.45) is 6.69.